The molecule has 1 aromatic rings. The number of nitrogens with zero attached hydrogens (tertiary/aromatic N) is 2. The first-order valence-electron chi connectivity index (χ1n) is 4.02. The van der Waals surface area contributed by atoms with E-state index in [-0.39, 0.29) is 5.91 Å². The van der Waals surface area contributed by atoms with Crippen LogP contribution in [0.4, 0.5) is 5.69 Å². The summed E-state index contributed by atoms with van der Waals surface area (Å²) in [6.07, 6.45) is 0.418. The van der Waals surface area contributed by atoms with Gasteiger partial charge < -0.3 is 4.90 Å². The Hall–Kier alpha value is -1.82. The van der Waals surface area contributed by atoms with E-state index >= 15 is 0 Å². The minimum Gasteiger partial charge on any atom is -0.314 e. The molecule has 13 heavy (non-hydrogen) atoms. The molecule has 64 valence electrons. The van der Waals surface area contributed by atoms with Crippen LogP contribution in [-0.2, 0) is 11.2 Å². The van der Waals surface area contributed by atoms with Crippen LogP contribution >= 0.6 is 0 Å². The molecule has 0 spiro atoms. The molecule has 3 heteroatoms. The first-order chi connectivity index (χ1) is 6.24. The molecule has 0 saturated carbocycles. The highest BCUT2D eigenvalue weighted by Crippen LogP contribution is 2.30. The fraction of sp³-hybridized carbons (Fsp3) is 0.200. The number of para-hydroxylation sites is 1. The molecule has 1 aliphatic heterocycles. The molecular weight excluding hydrogens is 164 g/mol. The number of hydrogen-bond donors (Lipinski definition) is 0. The molecule has 0 unspecified atom stereocenters. The van der Waals surface area contributed by atoms with Crippen LogP contribution in [0.25, 0.3) is 0 Å². The zero-order valence-electron chi connectivity index (χ0n) is 7.24. The van der Waals surface area contributed by atoms with Crippen LogP contribution in [0.15, 0.2) is 18.2 Å². The summed E-state index contributed by atoms with van der Waals surface area (Å²) in [4.78, 5) is 12.9. The van der Waals surface area contributed by atoms with Gasteiger partial charge in [0, 0.05) is 7.05 Å². The third-order valence-corrected chi connectivity index (χ3v) is 2.29. The molecule has 0 bridgehead atoms. The molecule has 0 atom stereocenters. The monoisotopic (exact) mass is 172 g/mol. The standard InChI is InChI=1S/C10H8N2O/c1-12-9(13)5-7-3-2-4-8(6-11)10(7)12/h2-4H,5H2,1H3. The largest absolute Gasteiger partial charge is 0.314 e. The summed E-state index contributed by atoms with van der Waals surface area (Å²) in [5.41, 5.74) is 2.30. The SMILES string of the molecule is CN1C(=O)Cc2cccc(C#N)c21. The van der Waals surface area contributed by atoms with Crippen molar-refractivity contribution in [1.82, 2.24) is 0 Å². The van der Waals surface area contributed by atoms with Gasteiger partial charge in [0.2, 0.25) is 5.91 Å². The lowest BCUT2D eigenvalue weighted by molar-refractivity contribution is -0.117. The van der Waals surface area contributed by atoms with Crippen molar-refractivity contribution < 1.29 is 4.79 Å². The van der Waals surface area contributed by atoms with Crippen molar-refractivity contribution in [3.63, 3.8) is 0 Å². The van der Waals surface area contributed by atoms with Gasteiger partial charge in [0.15, 0.2) is 0 Å². The van der Waals surface area contributed by atoms with Crippen LogP contribution in [0, 0.1) is 11.3 Å². The van der Waals surface area contributed by atoms with Crippen molar-refractivity contribution in [3.8, 4) is 6.07 Å². The second-order valence-electron chi connectivity index (χ2n) is 3.05. The predicted molar refractivity (Wildman–Crippen MR) is 48.3 cm³/mol. The Kier molecular flexibility index (Phi) is 1.56. The first kappa shape index (κ1) is 7.81. The molecule has 1 amide bonds. The normalized spacial score (nSPS) is 14.2. The quantitative estimate of drug-likeness (QED) is 0.587. The van der Waals surface area contributed by atoms with Gasteiger partial charge in [-0.3, -0.25) is 4.79 Å². The average Bonchev–Trinajstić information content (AvgIpc) is 2.43. The third kappa shape index (κ3) is 0.994. The summed E-state index contributed by atoms with van der Waals surface area (Å²) in [5.74, 6) is 0.0534. The van der Waals surface area contributed by atoms with Crippen LogP contribution in [0.1, 0.15) is 11.1 Å². The third-order valence-electron chi connectivity index (χ3n) is 2.29. The Balaban J connectivity index is 2.66. The Morgan fingerprint density at radius 3 is 3.00 bits per heavy atom. The van der Waals surface area contributed by atoms with Gasteiger partial charge >= 0.3 is 0 Å². The molecule has 3 nitrogen and oxygen atoms in total. The number of carbonyl (C=O) groups excluding carboxylic acids is 1. The van der Waals surface area contributed by atoms with Crippen molar-refractivity contribution in [2.75, 3.05) is 11.9 Å². The second kappa shape index (κ2) is 2.60. The van der Waals surface area contributed by atoms with E-state index < -0.39 is 0 Å². The van der Waals surface area contributed by atoms with Crippen LogP contribution in [0.2, 0.25) is 0 Å². The molecule has 0 saturated heterocycles. The van der Waals surface area contributed by atoms with Crippen molar-refractivity contribution in [1.29, 1.82) is 5.26 Å². The number of fused-ring (bicyclic) bond motifs is 1. The average molecular weight is 172 g/mol. The van der Waals surface area contributed by atoms with Crippen molar-refractivity contribution in [2.24, 2.45) is 0 Å². The van der Waals surface area contributed by atoms with Gasteiger partial charge in [-0.05, 0) is 11.6 Å². The number of amides is 1. The first-order valence-corrected chi connectivity index (χ1v) is 4.02. The molecule has 0 aromatic heterocycles. The number of hydrogen-bond acceptors (Lipinski definition) is 2. The summed E-state index contributed by atoms with van der Waals surface area (Å²) in [7, 11) is 1.70. The maximum atomic E-state index is 11.3. The molecule has 1 aliphatic rings. The lowest BCUT2D eigenvalue weighted by atomic mass is 10.1. The molecular formula is C10H8N2O. The van der Waals surface area contributed by atoms with Gasteiger partial charge in [-0.15, -0.1) is 0 Å². The zero-order valence-corrected chi connectivity index (χ0v) is 7.24. The fourth-order valence-electron chi connectivity index (χ4n) is 1.63. The van der Waals surface area contributed by atoms with E-state index in [1.807, 2.05) is 12.1 Å². The van der Waals surface area contributed by atoms with Crippen molar-refractivity contribution in [3.05, 3.63) is 29.3 Å². The maximum Gasteiger partial charge on any atom is 0.231 e. The van der Waals surface area contributed by atoms with E-state index in [2.05, 4.69) is 6.07 Å². The van der Waals surface area contributed by atoms with Gasteiger partial charge in [0.1, 0.15) is 6.07 Å². The number of likely N-dealkylation sites (N-methyl/N-ethyl adjacent to an activating group) is 1. The van der Waals surface area contributed by atoms with Crippen molar-refractivity contribution in [2.45, 2.75) is 6.42 Å². The topological polar surface area (TPSA) is 44.1 Å². The highest BCUT2D eigenvalue weighted by atomic mass is 16.2. The van der Waals surface area contributed by atoms with Gasteiger partial charge in [-0.1, -0.05) is 12.1 Å². The number of anilines is 1. The lowest BCUT2D eigenvalue weighted by Crippen LogP contribution is -2.21. The molecule has 2 rings (SSSR count). The number of nitriles is 1. The zero-order chi connectivity index (χ0) is 9.42. The smallest absolute Gasteiger partial charge is 0.231 e. The summed E-state index contributed by atoms with van der Waals surface area (Å²) in [5, 5.41) is 8.82. The highest BCUT2D eigenvalue weighted by molar-refractivity contribution is 6.02. The van der Waals surface area contributed by atoms with Gasteiger partial charge in [0.05, 0.1) is 17.7 Å². The summed E-state index contributed by atoms with van der Waals surface area (Å²) < 4.78 is 0. The van der Waals surface area contributed by atoms with Gasteiger partial charge in [-0.25, -0.2) is 0 Å². The predicted octanol–water partition coefficient (Wildman–Crippen LogP) is 1.08. The van der Waals surface area contributed by atoms with Gasteiger partial charge in [-0.2, -0.15) is 5.26 Å². The Morgan fingerprint density at radius 1 is 1.54 bits per heavy atom. The van der Waals surface area contributed by atoms with E-state index in [1.165, 1.54) is 0 Å². The van der Waals surface area contributed by atoms with E-state index in [0.29, 0.717) is 12.0 Å². The van der Waals surface area contributed by atoms with Crippen LogP contribution < -0.4 is 4.90 Å². The van der Waals surface area contributed by atoms with Crippen LogP contribution in [-0.4, -0.2) is 13.0 Å². The van der Waals surface area contributed by atoms with E-state index in [9.17, 15) is 4.79 Å². The Morgan fingerprint density at radius 2 is 2.31 bits per heavy atom. The van der Waals surface area contributed by atoms with E-state index in [4.69, 9.17) is 5.26 Å². The number of rotatable bonds is 0. The summed E-state index contributed by atoms with van der Waals surface area (Å²) in [6.45, 7) is 0. The molecule has 1 aromatic carbocycles. The summed E-state index contributed by atoms with van der Waals surface area (Å²) >= 11 is 0. The van der Waals surface area contributed by atoms with Crippen molar-refractivity contribution >= 4 is 11.6 Å². The maximum absolute atomic E-state index is 11.3. The van der Waals surface area contributed by atoms with Gasteiger partial charge in [0.25, 0.3) is 0 Å². The van der Waals surface area contributed by atoms with E-state index in [0.717, 1.165) is 11.3 Å². The highest BCUT2D eigenvalue weighted by Gasteiger charge is 2.25. The summed E-state index contributed by atoms with van der Waals surface area (Å²) in [6, 6.07) is 7.51. The Labute approximate surface area is 76.2 Å². The molecule has 0 radical (unpaired) electrons. The second-order valence-corrected chi connectivity index (χ2v) is 3.05. The Bertz CT molecular complexity index is 417. The molecule has 1 heterocycles. The fourth-order valence-corrected chi connectivity index (χ4v) is 1.63. The number of carbonyl (C=O) groups is 1. The number of benzene rings is 1. The van der Waals surface area contributed by atoms with E-state index in [1.54, 1.807) is 18.0 Å². The minimum atomic E-state index is 0.0534. The van der Waals surface area contributed by atoms with Crippen LogP contribution in [0.5, 0.6) is 0 Å². The molecule has 0 aliphatic carbocycles. The molecule has 0 fully saturated rings. The minimum absolute atomic E-state index is 0.0534. The van der Waals surface area contributed by atoms with Crippen LogP contribution in [0.3, 0.4) is 0 Å². The molecule has 0 N–H and O–H groups in total. The lowest BCUT2D eigenvalue weighted by Gasteiger charge is -2.10.